The Morgan fingerprint density at radius 1 is 1.00 bits per heavy atom. The van der Waals surface area contributed by atoms with E-state index in [-0.39, 0.29) is 34.6 Å². The topological polar surface area (TPSA) is 85.1 Å². The van der Waals surface area contributed by atoms with Gasteiger partial charge in [0.05, 0.1) is 33.6 Å². The summed E-state index contributed by atoms with van der Waals surface area (Å²) in [5.41, 5.74) is 1.63. The van der Waals surface area contributed by atoms with Gasteiger partial charge in [-0.15, -0.1) is 11.8 Å². The summed E-state index contributed by atoms with van der Waals surface area (Å²) >= 11 is 13.1. The van der Waals surface area contributed by atoms with Crippen LogP contribution in [0.15, 0.2) is 53.3 Å². The fraction of sp³-hybridized carbons (Fsp3) is 0.190. The number of hydrogen-bond donors (Lipinski definition) is 2. The maximum absolute atomic E-state index is 12.8. The molecule has 162 valence electrons. The first-order valence-corrected chi connectivity index (χ1v) is 11.2. The Kier molecular flexibility index (Phi) is 7.48. The summed E-state index contributed by atoms with van der Waals surface area (Å²) in [5.74, 6) is -0.637. The summed E-state index contributed by atoms with van der Waals surface area (Å²) in [6.45, 7) is 1.76. The van der Waals surface area contributed by atoms with E-state index in [0.29, 0.717) is 27.1 Å². The molecule has 2 amide bonds. The van der Waals surface area contributed by atoms with Crippen LogP contribution in [0.5, 0.6) is 0 Å². The fourth-order valence-corrected chi connectivity index (χ4v) is 3.86. The van der Waals surface area contributed by atoms with Crippen LogP contribution < -0.4 is 16.2 Å². The largest absolute Gasteiger partial charge is 0.324 e. The van der Waals surface area contributed by atoms with Gasteiger partial charge in [0.1, 0.15) is 5.69 Å². The van der Waals surface area contributed by atoms with Crippen molar-refractivity contribution in [2.75, 3.05) is 22.1 Å². The zero-order chi connectivity index (χ0) is 22.5. The van der Waals surface area contributed by atoms with Gasteiger partial charge in [-0.3, -0.25) is 19.1 Å². The van der Waals surface area contributed by atoms with Crippen molar-refractivity contribution in [3.63, 3.8) is 0 Å². The quantitative estimate of drug-likeness (QED) is 0.535. The summed E-state index contributed by atoms with van der Waals surface area (Å²) in [7, 11) is 1.75. The van der Waals surface area contributed by atoms with E-state index in [1.807, 2.05) is 30.3 Å². The highest BCUT2D eigenvalue weighted by atomic mass is 35.5. The van der Waals surface area contributed by atoms with E-state index in [4.69, 9.17) is 23.2 Å². The number of carbonyl (C=O) groups is 2. The Hall–Kier alpha value is -2.68. The molecule has 0 atom stereocenters. The normalized spacial score (nSPS) is 10.7. The monoisotopic (exact) mass is 478 g/mol. The van der Waals surface area contributed by atoms with Gasteiger partial charge in [-0.2, -0.15) is 0 Å². The van der Waals surface area contributed by atoms with Crippen molar-refractivity contribution in [2.45, 2.75) is 6.92 Å². The first-order valence-electron chi connectivity index (χ1n) is 9.24. The second-order valence-electron chi connectivity index (χ2n) is 6.65. The number of anilines is 2. The lowest BCUT2D eigenvalue weighted by Gasteiger charge is -2.08. The van der Waals surface area contributed by atoms with Crippen LogP contribution in [0.2, 0.25) is 10.0 Å². The predicted octanol–water partition coefficient (Wildman–Crippen LogP) is 4.10. The van der Waals surface area contributed by atoms with Crippen LogP contribution in [0.4, 0.5) is 11.4 Å². The average Bonchev–Trinajstić information content (AvgIpc) is 2.94. The van der Waals surface area contributed by atoms with Crippen molar-refractivity contribution in [1.29, 1.82) is 0 Å². The first-order chi connectivity index (χ1) is 14.8. The van der Waals surface area contributed by atoms with E-state index >= 15 is 0 Å². The number of rotatable bonds is 7. The van der Waals surface area contributed by atoms with Crippen molar-refractivity contribution in [2.24, 2.45) is 7.05 Å². The van der Waals surface area contributed by atoms with Crippen LogP contribution in [0.25, 0.3) is 5.69 Å². The smallest absolute Gasteiger partial charge is 0.295 e. The number of carbonyl (C=O) groups excluding carboxylic acids is 2. The summed E-state index contributed by atoms with van der Waals surface area (Å²) in [6, 6.07) is 13.9. The molecule has 0 bridgehead atoms. The van der Waals surface area contributed by atoms with Crippen LogP contribution in [0.3, 0.4) is 0 Å². The molecule has 0 saturated heterocycles. The predicted molar refractivity (Wildman–Crippen MR) is 127 cm³/mol. The third-order valence-corrected chi connectivity index (χ3v) is 5.98. The molecular formula is C21H20Cl2N4O3S. The van der Waals surface area contributed by atoms with Crippen molar-refractivity contribution >= 4 is 58.2 Å². The average molecular weight is 479 g/mol. The van der Waals surface area contributed by atoms with Gasteiger partial charge < -0.3 is 10.6 Å². The van der Waals surface area contributed by atoms with Gasteiger partial charge >= 0.3 is 0 Å². The molecule has 7 nitrogen and oxygen atoms in total. The Labute approximate surface area is 193 Å². The number of nitrogens with one attached hydrogen (secondary N) is 2. The van der Waals surface area contributed by atoms with E-state index in [2.05, 4.69) is 10.6 Å². The maximum Gasteiger partial charge on any atom is 0.295 e. The molecule has 0 spiro atoms. The van der Waals surface area contributed by atoms with Crippen molar-refractivity contribution in [1.82, 2.24) is 9.36 Å². The lowest BCUT2D eigenvalue weighted by molar-refractivity contribution is -0.114. The van der Waals surface area contributed by atoms with E-state index in [1.54, 1.807) is 36.9 Å². The van der Waals surface area contributed by atoms with E-state index in [1.165, 1.54) is 4.68 Å². The Morgan fingerprint density at radius 3 is 2.32 bits per heavy atom. The van der Waals surface area contributed by atoms with Crippen LogP contribution in [-0.2, 0) is 16.6 Å². The second kappa shape index (κ2) is 10.1. The summed E-state index contributed by atoms with van der Waals surface area (Å²) in [6.07, 6.45) is 0. The lowest BCUT2D eigenvalue weighted by Crippen LogP contribution is -2.24. The summed E-state index contributed by atoms with van der Waals surface area (Å²) in [5, 5.41) is 6.14. The molecule has 0 saturated carbocycles. The van der Waals surface area contributed by atoms with Gasteiger partial charge in [0, 0.05) is 12.1 Å². The molecule has 0 radical (unpaired) electrons. The molecular weight excluding hydrogens is 459 g/mol. The highest BCUT2D eigenvalue weighted by Crippen LogP contribution is 2.25. The number of thioether (sulfide) groups is 1. The number of hydrogen-bond acceptors (Lipinski definition) is 4. The second-order valence-corrected chi connectivity index (χ2v) is 8.48. The van der Waals surface area contributed by atoms with Crippen molar-refractivity contribution in [3.05, 3.63) is 74.6 Å². The molecule has 1 heterocycles. The molecule has 0 aliphatic carbocycles. The first kappa shape index (κ1) is 23.0. The molecule has 0 unspecified atom stereocenters. The van der Waals surface area contributed by atoms with Crippen molar-refractivity contribution < 1.29 is 9.59 Å². The standard InChI is InChI=1S/C21H20Cl2N4O3S/c1-13-20(21(30)27(26(13)2)15-6-4-3-5-7-15)25-19(29)12-31-11-18(28)24-17-10-14(22)8-9-16(17)23/h3-10H,11-12H2,1-2H3,(H,24,28)(H,25,29). The molecule has 2 N–H and O–H groups in total. The molecule has 2 aromatic carbocycles. The van der Waals surface area contributed by atoms with Crippen LogP contribution in [0.1, 0.15) is 5.69 Å². The van der Waals surface area contributed by atoms with Gasteiger partial charge in [0.15, 0.2) is 0 Å². The zero-order valence-corrected chi connectivity index (χ0v) is 19.1. The minimum atomic E-state index is -0.371. The van der Waals surface area contributed by atoms with E-state index in [0.717, 1.165) is 11.8 Å². The highest BCUT2D eigenvalue weighted by molar-refractivity contribution is 8.00. The number of para-hydroxylation sites is 1. The molecule has 1 aromatic heterocycles. The van der Waals surface area contributed by atoms with Gasteiger partial charge in [-0.1, -0.05) is 41.4 Å². The summed E-state index contributed by atoms with van der Waals surface area (Å²) in [4.78, 5) is 37.3. The molecule has 0 aliphatic rings. The highest BCUT2D eigenvalue weighted by Gasteiger charge is 2.18. The zero-order valence-electron chi connectivity index (χ0n) is 16.8. The molecule has 3 rings (SSSR count). The summed E-state index contributed by atoms with van der Waals surface area (Å²) < 4.78 is 3.17. The molecule has 0 fully saturated rings. The maximum atomic E-state index is 12.8. The van der Waals surface area contributed by atoms with Gasteiger partial charge in [-0.05, 0) is 37.3 Å². The Balaban J connectivity index is 1.58. The SMILES string of the molecule is Cc1c(NC(=O)CSCC(=O)Nc2cc(Cl)ccc2Cl)c(=O)n(-c2ccccc2)n1C. The van der Waals surface area contributed by atoms with Crippen LogP contribution >= 0.6 is 35.0 Å². The third kappa shape index (κ3) is 5.52. The number of amides is 2. The van der Waals surface area contributed by atoms with Crippen LogP contribution in [-0.4, -0.2) is 32.7 Å². The van der Waals surface area contributed by atoms with Gasteiger partial charge in [0.2, 0.25) is 11.8 Å². The number of benzene rings is 2. The van der Waals surface area contributed by atoms with Gasteiger partial charge in [0.25, 0.3) is 5.56 Å². The third-order valence-electron chi connectivity index (χ3n) is 4.49. The lowest BCUT2D eigenvalue weighted by atomic mass is 10.3. The van der Waals surface area contributed by atoms with Crippen LogP contribution in [0, 0.1) is 6.92 Å². The minimum absolute atomic E-state index is 0.00973. The van der Waals surface area contributed by atoms with Gasteiger partial charge in [-0.25, -0.2) is 4.68 Å². The fourth-order valence-electron chi connectivity index (χ4n) is 2.90. The number of nitrogens with zero attached hydrogens (tertiary/aromatic N) is 2. The molecule has 0 aliphatic heterocycles. The molecule has 31 heavy (non-hydrogen) atoms. The van der Waals surface area contributed by atoms with E-state index in [9.17, 15) is 14.4 Å². The Morgan fingerprint density at radius 2 is 1.65 bits per heavy atom. The molecule has 3 aromatic rings. The Bertz CT molecular complexity index is 1180. The van der Waals surface area contributed by atoms with Crippen molar-refractivity contribution in [3.8, 4) is 5.69 Å². The van der Waals surface area contributed by atoms with E-state index < -0.39 is 0 Å². The number of aromatic nitrogens is 2. The molecule has 10 heteroatoms. The number of halogens is 2. The minimum Gasteiger partial charge on any atom is -0.324 e.